The first-order chi connectivity index (χ1) is 11.7. The Balaban J connectivity index is 1.43. The minimum absolute atomic E-state index is 0.102. The van der Waals surface area contributed by atoms with Gasteiger partial charge in [0, 0.05) is 56.9 Å². The Bertz CT molecular complexity index is 699. The minimum Gasteiger partial charge on any atom is -0.375 e. The summed E-state index contributed by atoms with van der Waals surface area (Å²) in [6.45, 7) is 4.81. The van der Waals surface area contributed by atoms with Crippen molar-refractivity contribution in [3.63, 3.8) is 0 Å². The Morgan fingerprint density at radius 1 is 1.42 bits per heavy atom. The van der Waals surface area contributed by atoms with Crippen LogP contribution in [-0.4, -0.2) is 64.1 Å². The fourth-order valence-electron chi connectivity index (χ4n) is 3.66. The summed E-state index contributed by atoms with van der Waals surface area (Å²) >= 11 is 1.69. The number of rotatable bonds is 3. The van der Waals surface area contributed by atoms with Crippen molar-refractivity contribution < 1.29 is 9.53 Å². The maximum absolute atomic E-state index is 12.8. The van der Waals surface area contributed by atoms with E-state index in [0.29, 0.717) is 19.1 Å². The van der Waals surface area contributed by atoms with E-state index >= 15 is 0 Å². The molecule has 0 radical (unpaired) electrons. The van der Waals surface area contributed by atoms with Gasteiger partial charge in [0.1, 0.15) is 10.7 Å². The predicted molar refractivity (Wildman–Crippen MR) is 91.9 cm³/mol. The van der Waals surface area contributed by atoms with Gasteiger partial charge >= 0.3 is 0 Å². The molecule has 2 aromatic heterocycles. The maximum Gasteiger partial charge on any atom is 0.270 e. The average molecular weight is 346 g/mol. The van der Waals surface area contributed by atoms with Crippen LogP contribution >= 0.6 is 11.3 Å². The summed E-state index contributed by atoms with van der Waals surface area (Å²) in [5.74, 6) is 0.474. The number of carbonyl (C=O) groups is 1. The van der Waals surface area contributed by atoms with Gasteiger partial charge in [0.2, 0.25) is 0 Å². The zero-order chi connectivity index (χ0) is 16.5. The Kier molecular flexibility index (Phi) is 4.39. The number of fused-ring (bicyclic) bond motifs is 1. The Morgan fingerprint density at radius 2 is 2.33 bits per heavy atom. The van der Waals surface area contributed by atoms with Crippen molar-refractivity contribution >= 4 is 17.2 Å². The van der Waals surface area contributed by atoms with Crippen molar-refractivity contribution in [1.82, 2.24) is 19.4 Å². The third kappa shape index (κ3) is 3.11. The molecule has 0 spiro atoms. The molecule has 0 aromatic carbocycles. The van der Waals surface area contributed by atoms with Gasteiger partial charge in [-0.1, -0.05) is 0 Å². The van der Waals surface area contributed by atoms with E-state index < -0.39 is 0 Å². The molecule has 2 aliphatic rings. The molecule has 2 atom stereocenters. The SMILES string of the molecule is Cn1cccc1C(=O)N1CCO[C@H]2CN(Cc3nccs3)C[C@H]2C1. The summed E-state index contributed by atoms with van der Waals surface area (Å²) in [7, 11) is 1.91. The number of hydrogen-bond donors (Lipinski definition) is 0. The molecule has 1 amide bonds. The van der Waals surface area contributed by atoms with Crippen LogP contribution in [0.5, 0.6) is 0 Å². The summed E-state index contributed by atoms with van der Waals surface area (Å²) in [6.07, 6.45) is 3.98. The molecule has 0 unspecified atom stereocenters. The first-order valence-electron chi connectivity index (χ1n) is 8.33. The van der Waals surface area contributed by atoms with Gasteiger partial charge in [0.05, 0.1) is 19.3 Å². The highest BCUT2D eigenvalue weighted by atomic mass is 32.1. The second-order valence-corrected chi connectivity index (χ2v) is 7.52. The van der Waals surface area contributed by atoms with Gasteiger partial charge in [-0.15, -0.1) is 11.3 Å². The number of carbonyl (C=O) groups excluding carboxylic acids is 1. The molecule has 0 bridgehead atoms. The number of thiazole rings is 1. The molecule has 2 saturated heterocycles. The van der Waals surface area contributed by atoms with Gasteiger partial charge in [-0.05, 0) is 12.1 Å². The van der Waals surface area contributed by atoms with Crippen LogP contribution in [0.25, 0.3) is 0 Å². The van der Waals surface area contributed by atoms with Crippen molar-refractivity contribution in [2.24, 2.45) is 13.0 Å². The minimum atomic E-state index is 0.102. The second kappa shape index (κ2) is 6.66. The summed E-state index contributed by atoms with van der Waals surface area (Å²) < 4.78 is 7.93. The lowest BCUT2D eigenvalue weighted by Crippen LogP contribution is -2.38. The molecular formula is C17H22N4O2S. The van der Waals surface area contributed by atoms with Crippen LogP contribution in [0.2, 0.25) is 0 Å². The van der Waals surface area contributed by atoms with Crippen molar-refractivity contribution in [2.45, 2.75) is 12.6 Å². The molecule has 6 nitrogen and oxygen atoms in total. The first-order valence-corrected chi connectivity index (χ1v) is 9.21. The van der Waals surface area contributed by atoms with Gasteiger partial charge in [-0.3, -0.25) is 9.69 Å². The number of aryl methyl sites for hydroxylation is 1. The zero-order valence-corrected chi connectivity index (χ0v) is 14.6. The van der Waals surface area contributed by atoms with Crippen LogP contribution in [0, 0.1) is 5.92 Å². The van der Waals surface area contributed by atoms with Crippen LogP contribution in [0.1, 0.15) is 15.5 Å². The van der Waals surface area contributed by atoms with Crippen molar-refractivity contribution in [2.75, 3.05) is 32.8 Å². The molecule has 128 valence electrons. The molecule has 4 heterocycles. The highest BCUT2D eigenvalue weighted by Crippen LogP contribution is 2.26. The average Bonchev–Trinajstić information content (AvgIpc) is 3.27. The standard InChI is InChI=1S/C17H22N4O2S/c1-19-5-2-3-14(19)17(22)21-6-7-23-15-11-20(9-13(15)10-21)12-16-18-4-8-24-16/h2-5,8,13,15H,6-7,9-12H2,1H3/t13-,15-/m0/s1. The third-order valence-corrected chi connectivity index (χ3v) is 5.66. The second-order valence-electron chi connectivity index (χ2n) is 6.54. The molecule has 0 aliphatic carbocycles. The Labute approximate surface area is 145 Å². The predicted octanol–water partition coefficient (Wildman–Crippen LogP) is 1.45. The largest absolute Gasteiger partial charge is 0.375 e. The van der Waals surface area contributed by atoms with Gasteiger partial charge < -0.3 is 14.2 Å². The molecule has 4 rings (SSSR count). The maximum atomic E-state index is 12.8. The highest BCUT2D eigenvalue weighted by molar-refractivity contribution is 7.09. The van der Waals surface area contributed by atoms with Crippen LogP contribution in [0.3, 0.4) is 0 Å². The fraction of sp³-hybridized carbons (Fsp3) is 0.529. The summed E-state index contributed by atoms with van der Waals surface area (Å²) in [5.41, 5.74) is 0.742. The lowest BCUT2D eigenvalue weighted by atomic mass is 10.1. The van der Waals surface area contributed by atoms with E-state index in [1.54, 1.807) is 11.3 Å². The number of ether oxygens (including phenoxy) is 1. The molecular weight excluding hydrogens is 324 g/mol. The van der Waals surface area contributed by atoms with Crippen molar-refractivity contribution in [1.29, 1.82) is 0 Å². The molecule has 0 N–H and O–H groups in total. The Hall–Kier alpha value is -1.70. The van der Waals surface area contributed by atoms with Gasteiger partial charge in [0.15, 0.2) is 0 Å². The van der Waals surface area contributed by atoms with Gasteiger partial charge in [0.25, 0.3) is 5.91 Å². The van der Waals surface area contributed by atoms with E-state index in [1.807, 2.05) is 46.4 Å². The number of nitrogens with zero attached hydrogens (tertiary/aromatic N) is 4. The Morgan fingerprint density at radius 3 is 3.08 bits per heavy atom. The van der Waals surface area contributed by atoms with Crippen LogP contribution < -0.4 is 0 Å². The third-order valence-electron chi connectivity index (χ3n) is 4.90. The van der Waals surface area contributed by atoms with Crippen molar-refractivity contribution in [3.05, 3.63) is 40.6 Å². The lowest BCUT2D eigenvalue weighted by molar-refractivity contribution is 0.0500. The van der Waals surface area contributed by atoms with E-state index in [0.717, 1.165) is 36.9 Å². The summed E-state index contributed by atoms with van der Waals surface area (Å²) in [4.78, 5) is 21.5. The summed E-state index contributed by atoms with van der Waals surface area (Å²) in [5, 5.41) is 3.16. The number of hydrogen-bond acceptors (Lipinski definition) is 5. The van der Waals surface area contributed by atoms with Gasteiger partial charge in [-0.25, -0.2) is 4.98 Å². The van der Waals surface area contributed by atoms with E-state index in [1.165, 1.54) is 0 Å². The van der Waals surface area contributed by atoms with E-state index in [9.17, 15) is 4.79 Å². The molecule has 24 heavy (non-hydrogen) atoms. The van der Waals surface area contributed by atoms with E-state index in [-0.39, 0.29) is 12.0 Å². The fourth-order valence-corrected chi connectivity index (χ4v) is 4.32. The normalized spacial score (nSPS) is 24.8. The molecule has 7 heteroatoms. The molecule has 2 fully saturated rings. The van der Waals surface area contributed by atoms with Gasteiger partial charge in [-0.2, -0.15) is 0 Å². The van der Waals surface area contributed by atoms with Crippen molar-refractivity contribution in [3.8, 4) is 0 Å². The molecule has 2 aromatic rings. The quantitative estimate of drug-likeness (QED) is 0.844. The van der Waals surface area contributed by atoms with E-state index in [2.05, 4.69) is 9.88 Å². The van der Waals surface area contributed by atoms with Crippen LogP contribution in [0.4, 0.5) is 0 Å². The highest BCUT2D eigenvalue weighted by Gasteiger charge is 2.38. The smallest absolute Gasteiger partial charge is 0.270 e. The van der Waals surface area contributed by atoms with Crippen LogP contribution in [-0.2, 0) is 18.3 Å². The lowest BCUT2D eigenvalue weighted by Gasteiger charge is -2.23. The molecule has 2 aliphatic heterocycles. The number of aromatic nitrogens is 2. The first kappa shape index (κ1) is 15.8. The van der Waals surface area contributed by atoms with E-state index in [4.69, 9.17) is 4.74 Å². The monoisotopic (exact) mass is 346 g/mol. The number of likely N-dealkylation sites (tertiary alicyclic amines) is 1. The molecule has 0 saturated carbocycles. The zero-order valence-electron chi connectivity index (χ0n) is 13.8. The number of amides is 1. The summed E-state index contributed by atoms with van der Waals surface area (Å²) in [6, 6.07) is 3.80. The topological polar surface area (TPSA) is 50.6 Å². The van der Waals surface area contributed by atoms with Crippen LogP contribution in [0.15, 0.2) is 29.9 Å².